The maximum absolute atomic E-state index is 10.2. The van der Waals surface area contributed by atoms with Gasteiger partial charge in [-0.2, -0.15) is 0 Å². The molecule has 0 saturated carbocycles. The highest BCUT2D eigenvalue weighted by molar-refractivity contribution is 5.66. The molecule has 0 aromatic heterocycles. The molecule has 0 heterocycles. The lowest BCUT2D eigenvalue weighted by Crippen LogP contribution is -2.24. The second-order valence-electron chi connectivity index (χ2n) is 4.53. The number of hydrogen-bond acceptors (Lipinski definition) is 3. The summed E-state index contributed by atoms with van der Waals surface area (Å²) in [6.45, 7) is 5.46. The molecule has 0 saturated heterocycles. The molecule has 4 heteroatoms. The largest absolute Gasteiger partial charge is 0.481 e. The monoisotopic (exact) mass is 232 g/mol. The van der Waals surface area contributed by atoms with Crippen molar-refractivity contribution >= 4 is 5.97 Å². The summed E-state index contributed by atoms with van der Waals surface area (Å²) in [4.78, 5) is 10.2. The van der Waals surface area contributed by atoms with Crippen molar-refractivity contribution in [2.75, 3.05) is 20.3 Å². The van der Waals surface area contributed by atoms with E-state index in [0.717, 1.165) is 25.7 Å². The Morgan fingerprint density at radius 2 is 1.88 bits per heavy atom. The Balaban J connectivity index is 3.19. The third-order valence-corrected chi connectivity index (χ3v) is 2.58. The molecule has 0 aliphatic heterocycles. The Labute approximate surface area is 97.9 Å². The minimum atomic E-state index is -0.720. The van der Waals surface area contributed by atoms with Crippen LogP contribution in [0.1, 0.15) is 46.0 Å². The SMILES string of the molecule is COC(C)(C)CCOCCCCCC(=O)O. The number of carboxylic acids is 1. The number of ether oxygens (including phenoxy) is 2. The predicted molar refractivity (Wildman–Crippen MR) is 62.6 cm³/mol. The van der Waals surface area contributed by atoms with Gasteiger partial charge in [-0.05, 0) is 33.1 Å². The molecule has 0 spiro atoms. The van der Waals surface area contributed by atoms with Gasteiger partial charge in [-0.25, -0.2) is 0 Å². The van der Waals surface area contributed by atoms with Crippen molar-refractivity contribution in [2.24, 2.45) is 0 Å². The summed E-state index contributed by atoms with van der Waals surface area (Å²) in [6.07, 6.45) is 3.72. The second-order valence-corrected chi connectivity index (χ2v) is 4.53. The van der Waals surface area contributed by atoms with Gasteiger partial charge in [0, 0.05) is 26.7 Å². The van der Waals surface area contributed by atoms with Gasteiger partial charge in [0.05, 0.1) is 5.60 Å². The Morgan fingerprint density at radius 3 is 2.44 bits per heavy atom. The van der Waals surface area contributed by atoms with Crippen LogP contribution >= 0.6 is 0 Å². The number of hydrogen-bond donors (Lipinski definition) is 1. The van der Waals surface area contributed by atoms with Gasteiger partial charge < -0.3 is 14.6 Å². The highest BCUT2D eigenvalue weighted by Gasteiger charge is 2.15. The van der Waals surface area contributed by atoms with Crippen molar-refractivity contribution < 1.29 is 19.4 Å². The van der Waals surface area contributed by atoms with Crippen molar-refractivity contribution in [1.29, 1.82) is 0 Å². The lowest BCUT2D eigenvalue weighted by molar-refractivity contribution is -0.137. The number of carbonyl (C=O) groups is 1. The lowest BCUT2D eigenvalue weighted by Gasteiger charge is -2.22. The van der Waals surface area contributed by atoms with Crippen LogP contribution < -0.4 is 0 Å². The Morgan fingerprint density at radius 1 is 1.19 bits per heavy atom. The van der Waals surface area contributed by atoms with Crippen LogP contribution in [-0.2, 0) is 14.3 Å². The van der Waals surface area contributed by atoms with E-state index < -0.39 is 5.97 Å². The minimum Gasteiger partial charge on any atom is -0.481 e. The van der Waals surface area contributed by atoms with Gasteiger partial charge in [0.15, 0.2) is 0 Å². The molecule has 0 amide bonds. The molecule has 0 aromatic carbocycles. The van der Waals surface area contributed by atoms with Gasteiger partial charge in [-0.3, -0.25) is 4.79 Å². The first-order valence-corrected chi connectivity index (χ1v) is 5.82. The lowest BCUT2D eigenvalue weighted by atomic mass is 10.1. The van der Waals surface area contributed by atoms with Gasteiger partial charge in [0.25, 0.3) is 0 Å². The molecule has 4 nitrogen and oxygen atoms in total. The van der Waals surface area contributed by atoms with Crippen molar-refractivity contribution in [1.82, 2.24) is 0 Å². The van der Waals surface area contributed by atoms with E-state index >= 15 is 0 Å². The van der Waals surface area contributed by atoms with Crippen molar-refractivity contribution in [3.8, 4) is 0 Å². The molecule has 0 fully saturated rings. The van der Waals surface area contributed by atoms with Gasteiger partial charge in [0.2, 0.25) is 0 Å². The van der Waals surface area contributed by atoms with Gasteiger partial charge in [-0.15, -0.1) is 0 Å². The zero-order valence-electron chi connectivity index (χ0n) is 10.6. The quantitative estimate of drug-likeness (QED) is 0.588. The summed E-state index contributed by atoms with van der Waals surface area (Å²) in [5, 5.41) is 8.43. The van der Waals surface area contributed by atoms with Crippen LogP contribution in [0.2, 0.25) is 0 Å². The first kappa shape index (κ1) is 15.4. The summed E-state index contributed by atoms with van der Waals surface area (Å²) < 4.78 is 10.7. The van der Waals surface area contributed by atoms with Crippen LogP contribution in [-0.4, -0.2) is 37.0 Å². The fraction of sp³-hybridized carbons (Fsp3) is 0.917. The van der Waals surface area contributed by atoms with Crippen LogP contribution in [0.4, 0.5) is 0 Å². The molecule has 0 rings (SSSR count). The normalized spacial score (nSPS) is 11.7. The molecule has 0 bridgehead atoms. The fourth-order valence-electron chi connectivity index (χ4n) is 1.18. The van der Waals surface area contributed by atoms with Crippen LogP contribution in [0.25, 0.3) is 0 Å². The number of unbranched alkanes of at least 4 members (excludes halogenated alkanes) is 2. The number of rotatable bonds is 10. The summed E-state index contributed by atoms with van der Waals surface area (Å²) in [5.41, 5.74) is -0.122. The first-order valence-electron chi connectivity index (χ1n) is 5.82. The topological polar surface area (TPSA) is 55.8 Å². The third kappa shape index (κ3) is 9.93. The van der Waals surface area contributed by atoms with Crippen LogP contribution in [0.3, 0.4) is 0 Å². The molecule has 0 radical (unpaired) electrons. The van der Waals surface area contributed by atoms with E-state index in [4.69, 9.17) is 14.6 Å². The number of carboxylic acid groups (broad SMARTS) is 1. The fourth-order valence-corrected chi connectivity index (χ4v) is 1.18. The zero-order valence-corrected chi connectivity index (χ0v) is 10.6. The van der Waals surface area contributed by atoms with Gasteiger partial charge >= 0.3 is 5.97 Å². The molecule has 1 N–H and O–H groups in total. The average molecular weight is 232 g/mol. The minimum absolute atomic E-state index is 0.122. The van der Waals surface area contributed by atoms with Gasteiger partial charge in [-0.1, -0.05) is 6.42 Å². The number of aliphatic carboxylic acids is 1. The highest BCUT2D eigenvalue weighted by Crippen LogP contribution is 2.12. The van der Waals surface area contributed by atoms with Crippen LogP contribution in [0, 0.1) is 0 Å². The molecule has 0 aliphatic carbocycles. The first-order chi connectivity index (χ1) is 7.48. The molecule has 0 aromatic rings. The standard InChI is InChI=1S/C12H24O4/c1-12(2,15-3)8-10-16-9-6-4-5-7-11(13)14/h4-10H2,1-3H3,(H,13,14). The molecule has 0 aliphatic rings. The predicted octanol–water partition coefficient (Wildman–Crippen LogP) is 2.46. The Kier molecular flexibility index (Phi) is 8.21. The zero-order chi connectivity index (χ0) is 12.4. The second kappa shape index (κ2) is 8.53. The third-order valence-electron chi connectivity index (χ3n) is 2.58. The molecule has 96 valence electrons. The maximum Gasteiger partial charge on any atom is 0.303 e. The average Bonchev–Trinajstić information content (AvgIpc) is 2.21. The molecule has 0 unspecified atom stereocenters. The molecular weight excluding hydrogens is 208 g/mol. The van der Waals surface area contributed by atoms with Crippen LogP contribution in [0.5, 0.6) is 0 Å². The van der Waals surface area contributed by atoms with Crippen molar-refractivity contribution in [2.45, 2.75) is 51.6 Å². The van der Waals surface area contributed by atoms with Gasteiger partial charge in [0.1, 0.15) is 0 Å². The van der Waals surface area contributed by atoms with E-state index in [1.807, 2.05) is 13.8 Å². The maximum atomic E-state index is 10.2. The van der Waals surface area contributed by atoms with E-state index in [1.54, 1.807) is 7.11 Å². The summed E-state index contributed by atoms with van der Waals surface area (Å²) in [5.74, 6) is -0.720. The highest BCUT2D eigenvalue weighted by atomic mass is 16.5. The number of methoxy groups -OCH3 is 1. The van der Waals surface area contributed by atoms with Crippen LogP contribution in [0.15, 0.2) is 0 Å². The summed E-state index contributed by atoms with van der Waals surface area (Å²) in [7, 11) is 1.70. The van der Waals surface area contributed by atoms with E-state index in [9.17, 15) is 4.79 Å². The van der Waals surface area contributed by atoms with E-state index in [1.165, 1.54) is 0 Å². The van der Waals surface area contributed by atoms with E-state index in [0.29, 0.717) is 13.2 Å². The van der Waals surface area contributed by atoms with Crippen molar-refractivity contribution in [3.63, 3.8) is 0 Å². The van der Waals surface area contributed by atoms with Crippen molar-refractivity contribution in [3.05, 3.63) is 0 Å². The molecule has 0 atom stereocenters. The van der Waals surface area contributed by atoms with E-state index in [2.05, 4.69) is 0 Å². The smallest absolute Gasteiger partial charge is 0.303 e. The summed E-state index contributed by atoms with van der Waals surface area (Å²) >= 11 is 0. The molecule has 16 heavy (non-hydrogen) atoms. The Bertz CT molecular complexity index is 189. The summed E-state index contributed by atoms with van der Waals surface area (Å²) in [6, 6.07) is 0. The molecular formula is C12H24O4. The van der Waals surface area contributed by atoms with E-state index in [-0.39, 0.29) is 12.0 Å². The Hall–Kier alpha value is -0.610.